The second kappa shape index (κ2) is 10.7. The maximum Gasteiger partial charge on any atom is 0.138 e. The molecule has 1 fully saturated rings. The van der Waals surface area contributed by atoms with E-state index < -0.39 is 6.10 Å². The molecule has 0 bridgehead atoms. The number of hydrogen-bond donors (Lipinski definition) is 1. The van der Waals surface area contributed by atoms with E-state index in [9.17, 15) is 5.11 Å². The van der Waals surface area contributed by atoms with Crippen molar-refractivity contribution in [1.82, 2.24) is 4.90 Å². The smallest absolute Gasteiger partial charge is 0.138 e. The molecule has 28 heavy (non-hydrogen) atoms. The van der Waals surface area contributed by atoms with Crippen LogP contribution in [0.5, 0.6) is 11.5 Å². The van der Waals surface area contributed by atoms with Gasteiger partial charge in [-0.25, -0.2) is 0 Å². The summed E-state index contributed by atoms with van der Waals surface area (Å²) in [6, 6.07) is 15.3. The lowest BCUT2D eigenvalue weighted by atomic mass is 10.1. The molecule has 0 radical (unpaired) electrons. The van der Waals surface area contributed by atoms with E-state index in [0.717, 1.165) is 43.9 Å². The fourth-order valence-corrected chi connectivity index (χ4v) is 3.56. The third-order valence-corrected chi connectivity index (χ3v) is 5.10. The van der Waals surface area contributed by atoms with Gasteiger partial charge in [-0.05, 0) is 42.7 Å². The number of rotatable bonds is 10. The summed E-state index contributed by atoms with van der Waals surface area (Å²) in [6.45, 7) is 3.02. The van der Waals surface area contributed by atoms with Crippen molar-refractivity contribution in [2.75, 3.05) is 33.4 Å². The van der Waals surface area contributed by atoms with Crippen LogP contribution in [0.15, 0.2) is 48.5 Å². The lowest BCUT2D eigenvalue weighted by molar-refractivity contribution is 0.0314. The Bertz CT molecular complexity index is 719. The third-order valence-electron chi connectivity index (χ3n) is 4.79. The number of ether oxygens (including phenoxy) is 3. The number of halogens is 1. The molecule has 3 rings (SSSR count). The minimum absolute atomic E-state index is 0.189. The molecule has 5 nitrogen and oxygen atoms in total. The van der Waals surface area contributed by atoms with E-state index >= 15 is 0 Å². The van der Waals surface area contributed by atoms with Crippen LogP contribution in [-0.2, 0) is 11.3 Å². The van der Waals surface area contributed by atoms with E-state index in [0.29, 0.717) is 17.3 Å². The van der Waals surface area contributed by atoms with Crippen LogP contribution < -0.4 is 9.47 Å². The van der Waals surface area contributed by atoms with Gasteiger partial charge < -0.3 is 19.3 Å². The Morgan fingerprint density at radius 2 is 2.00 bits per heavy atom. The first-order valence-corrected chi connectivity index (χ1v) is 10.0. The quantitative estimate of drug-likeness (QED) is 0.652. The largest absolute Gasteiger partial charge is 0.497 e. The van der Waals surface area contributed by atoms with Gasteiger partial charge in [-0.15, -0.1) is 0 Å². The minimum atomic E-state index is -0.629. The van der Waals surface area contributed by atoms with E-state index in [2.05, 4.69) is 4.90 Å². The molecule has 2 atom stereocenters. The van der Waals surface area contributed by atoms with Gasteiger partial charge in [-0.1, -0.05) is 35.9 Å². The van der Waals surface area contributed by atoms with Gasteiger partial charge in [0.15, 0.2) is 0 Å². The number of benzene rings is 2. The SMILES string of the molecule is COc1ccc(CN(CC(O)COc2ccccc2Cl)CC2CCCO2)cc1. The molecule has 2 aromatic rings. The molecule has 1 saturated heterocycles. The number of aliphatic hydroxyl groups excluding tert-OH is 1. The number of para-hydroxylation sites is 1. The first-order chi connectivity index (χ1) is 13.6. The molecule has 152 valence electrons. The first-order valence-electron chi connectivity index (χ1n) is 9.66. The average molecular weight is 406 g/mol. The monoisotopic (exact) mass is 405 g/mol. The van der Waals surface area contributed by atoms with Crippen LogP contribution in [0.2, 0.25) is 5.02 Å². The summed E-state index contributed by atoms with van der Waals surface area (Å²) in [5.74, 6) is 1.42. The first kappa shape index (κ1) is 20.9. The van der Waals surface area contributed by atoms with Crippen molar-refractivity contribution >= 4 is 11.6 Å². The number of nitrogens with zero attached hydrogens (tertiary/aromatic N) is 1. The van der Waals surface area contributed by atoms with Crippen LogP contribution in [0.3, 0.4) is 0 Å². The zero-order chi connectivity index (χ0) is 19.8. The van der Waals surface area contributed by atoms with Gasteiger partial charge in [-0.2, -0.15) is 0 Å². The molecule has 1 heterocycles. The Balaban J connectivity index is 1.57. The minimum Gasteiger partial charge on any atom is -0.497 e. The Kier molecular flexibility index (Phi) is 7.98. The number of hydrogen-bond acceptors (Lipinski definition) is 5. The molecule has 1 aliphatic heterocycles. The van der Waals surface area contributed by atoms with Gasteiger partial charge in [0.1, 0.15) is 24.2 Å². The second-order valence-corrected chi connectivity index (χ2v) is 7.48. The summed E-state index contributed by atoms with van der Waals surface area (Å²) in [7, 11) is 1.66. The second-order valence-electron chi connectivity index (χ2n) is 7.07. The van der Waals surface area contributed by atoms with E-state index in [-0.39, 0.29) is 12.7 Å². The predicted molar refractivity (Wildman–Crippen MR) is 110 cm³/mol. The van der Waals surface area contributed by atoms with Crippen LogP contribution >= 0.6 is 11.6 Å². The maximum absolute atomic E-state index is 10.5. The molecule has 0 saturated carbocycles. The van der Waals surface area contributed by atoms with Gasteiger partial charge in [0.25, 0.3) is 0 Å². The number of methoxy groups -OCH3 is 1. The summed E-state index contributed by atoms with van der Waals surface area (Å²) in [6.07, 6.45) is 1.75. The summed E-state index contributed by atoms with van der Waals surface area (Å²) < 4.78 is 16.7. The standard InChI is InChI=1S/C22H28ClNO4/c1-26-19-10-8-17(9-11-19)13-24(15-20-5-4-12-27-20)14-18(25)16-28-22-7-3-2-6-21(22)23/h2-3,6-11,18,20,25H,4-5,12-16H2,1H3. The Morgan fingerprint density at radius 3 is 2.68 bits per heavy atom. The highest BCUT2D eigenvalue weighted by molar-refractivity contribution is 6.32. The fourth-order valence-electron chi connectivity index (χ4n) is 3.37. The molecule has 0 amide bonds. The van der Waals surface area contributed by atoms with E-state index in [1.165, 1.54) is 0 Å². The van der Waals surface area contributed by atoms with Gasteiger partial charge in [-0.3, -0.25) is 4.90 Å². The fraction of sp³-hybridized carbons (Fsp3) is 0.455. The molecule has 6 heteroatoms. The highest BCUT2D eigenvalue weighted by Gasteiger charge is 2.21. The highest BCUT2D eigenvalue weighted by Crippen LogP contribution is 2.23. The van der Waals surface area contributed by atoms with Crippen LogP contribution in [0, 0.1) is 0 Å². The lowest BCUT2D eigenvalue weighted by Gasteiger charge is -2.27. The van der Waals surface area contributed by atoms with Crippen LogP contribution in [0.25, 0.3) is 0 Å². The summed E-state index contributed by atoms with van der Waals surface area (Å²) in [4.78, 5) is 2.22. The van der Waals surface area contributed by atoms with Crippen molar-refractivity contribution in [3.8, 4) is 11.5 Å². The van der Waals surface area contributed by atoms with E-state index in [1.807, 2.05) is 36.4 Å². The highest BCUT2D eigenvalue weighted by atomic mass is 35.5. The molecular formula is C22H28ClNO4. The molecule has 0 aromatic heterocycles. The van der Waals surface area contributed by atoms with Crippen molar-refractivity contribution in [2.24, 2.45) is 0 Å². The van der Waals surface area contributed by atoms with Crippen molar-refractivity contribution < 1.29 is 19.3 Å². The molecular weight excluding hydrogens is 378 g/mol. The summed E-state index contributed by atoms with van der Waals surface area (Å²) >= 11 is 6.12. The Morgan fingerprint density at radius 1 is 1.21 bits per heavy atom. The normalized spacial score (nSPS) is 17.6. The van der Waals surface area contributed by atoms with Gasteiger partial charge in [0, 0.05) is 26.2 Å². The average Bonchev–Trinajstić information content (AvgIpc) is 3.21. The number of aliphatic hydroxyl groups is 1. The van der Waals surface area contributed by atoms with Crippen molar-refractivity contribution in [3.63, 3.8) is 0 Å². The molecule has 0 aliphatic carbocycles. The molecule has 2 aromatic carbocycles. The van der Waals surface area contributed by atoms with Crippen LogP contribution in [0.1, 0.15) is 18.4 Å². The Hall–Kier alpha value is -1.79. The van der Waals surface area contributed by atoms with E-state index in [4.69, 9.17) is 25.8 Å². The maximum atomic E-state index is 10.5. The van der Waals surface area contributed by atoms with Gasteiger partial charge in [0.05, 0.1) is 18.2 Å². The zero-order valence-electron chi connectivity index (χ0n) is 16.2. The van der Waals surface area contributed by atoms with Gasteiger partial charge in [0.2, 0.25) is 0 Å². The van der Waals surface area contributed by atoms with Crippen molar-refractivity contribution in [1.29, 1.82) is 0 Å². The summed E-state index contributed by atoms with van der Waals surface area (Å²) in [5, 5.41) is 11.1. The van der Waals surface area contributed by atoms with Crippen molar-refractivity contribution in [2.45, 2.75) is 31.6 Å². The molecule has 0 spiro atoms. The molecule has 1 N–H and O–H groups in total. The Labute approximate surface area is 171 Å². The lowest BCUT2D eigenvalue weighted by Crippen LogP contribution is -2.39. The van der Waals surface area contributed by atoms with Crippen LogP contribution in [0.4, 0.5) is 0 Å². The van der Waals surface area contributed by atoms with Gasteiger partial charge >= 0.3 is 0 Å². The molecule has 2 unspecified atom stereocenters. The molecule has 1 aliphatic rings. The van der Waals surface area contributed by atoms with E-state index in [1.54, 1.807) is 19.2 Å². The topological polar surface area (TPSA) is 51.2 Å². The zero-order valence-corrected chi connectivity index (χ0v) is 17.0. The third kappa shape index (κ3) is 6.38. The van der Waals surface area contributed by atoms with Crippen molar-refractivity contribution in [3.05, 3.63) is 59.1 Å². The summed E-state index contributed by atoms with van der Waals surface area (Å²) in [5.41, 5.74) is 1.16. The predicted octanol–water partition coefficient (Wildman–Crippen LogP) is 3.77. The van der Waals surface area contributed by atoms with Crippen LogP contribution in [-0.4, -0.2) is 55.6 Å².